The zero-order valence-electron chi connectivity index (χ0n) is 16.7. The molecule has 0 atom stereocenters. The highest BCUT2D eigenvalue weighted by Gasteiger charge is 2.39. The van der Waals surface area contributed by atoms with Gasteiger partial charge >= 0.3 is 0 Å². The number of hydrogen-bond donors (Lipinski definition) is 2. The van der Waals surface area contributed by atoms with E-state index in [9.17, 15) is 4.39 Å². The minimum Gasteiger partial charge on any atom is -0.381 e. The van der Waals surface area contributed by atoms with Gasteiger partial charge < -0.3 is 10.1 Å². The summed E-state index contributed by atoms with van der Waals surface area (Å²) < 4.78 is 19.3. The third kappa shape index (κ3) is 3.31. The molecule has 2 aromatic carbocycles. The highest BCUT2D eigenvalue weighted by molar-refractivity contribution is 5.90. The SMILES string of the molecule is Cc1cc(Nc2nc(C3(c4ccc(F)cc4)CCOCC3)nc3ccccc23)n[nH]1. The molecular formula is C23H22FN5O. The van der Waals surface area contributed by atoms with Gasteiger partial charge in [-0.2, -0.15) is 5.10 Å². The molecule has 0 spiro atoms. The molecule has 6 nitrogen and oxygen atoms in total. The van der Waals surface area contributed by atoms with Crippen LogP contribution in [0.3, 0.4) is 0 Å². The van der Waals surface area contributed by atoms with Gasteiger partial charge in [0.05, 0.1) is 10.9 Å². The molecule has 152 valence electrons. The van der Waals surface area contributed by atoms with Crippen LogP contribution in [0.5, 0.6) is 0 Å². The van der Waals surface area contributed by atoms with Gasteiger partial charge in [0, 0.05) is 30.4 Å². The number of aromatic amines is 1. The van der Waals surface area contributed by atoms with E-state index in [0.717, 1.165) is 35.0 Å². The van der Waals surface area contributed by atoms with Gasteiger partial charge in [-0.05, 0) is 49.6 Å². The number of fused-ring (bicyclic) bond motifs is 1. The van der Waals surface area contributed by atoms with Crippen molar-refractivity contribution in [2.45, 2.75) is 25.2 Å². The van der Waals surface area contributed by atoms with Gasteiger partial charge in [-0.15, -0.1) is 0 Å². The zero-order valence-corrected chi connectivity index (χ0v) is 16.7. The predicted molar refractivity (Wildman–Crippen MR) is 113 cm³/mol. The van der Waals surface area contributed by atoms with Crippen LogP contribution in [0, 0.1) is 12.7 Å². The fraction of sp³-hybridized carbons (Fsp3) is 0.261. The number of aryl methyl sites for hydroxylation is 1. The van der Waals surface area contributed by atoms with E-state index in [4.69, 9.17) is 14.7 Å². The molecule has 0 bridgehead atoms. The Hall–Kier alpha value is -3.32. The second kappa shape index (κ2) is 7.50. The number of benzene rings is 2. The number of hydrogen-bond acceptors (Lipinski definition) is 5. The van der Waals surface area contributed by atoms with E-state index in [1.165, 1.54) is 12.1 Å². The number of ether oxygens (including phenoxy) is 1. The molecule has 4 aromatic rings. The molecule has 2 aromatic heterocycles. The summed E-state index contributed by atoms with van der Waals surface area (Å²) in [5, 5.41) is 11.5. The zero-order chi connectivity index (χ0) is 20.6. The van der Waals surface area contributed by atoms with Crippen LogP contribution in [-0.4, -0.2) is 33.4 Å². The van der Waals surface area contributed by atoms with Crippen LogP contribution in [0.4, 0.5) is 16.0 Å². The molecule has 1 fully saturated rings. The topological polar surface area (TPSA) is 75.7 Å². The molecule has 2 N–H and O–H groups in total. The molecule has 0 aliphatic carbocycles. The van der Waals surface area contributed by atoms with Crippen molar-refractivity contribution in [2.75, 3.05) is 18.5 Å². The summed E-state index contributed by atoms with van der Waals surface area (Å²) in [7, 11) is 0. The minimum absolute atomic E-state index is 0.253. The van der Waals surface area contributed by atoms with Gasteiger partial charge in [-0.1, -0.05) is 24.3 Å². The van der Waals surface area contributed by atoms with Crippen molar-refractivity contribution < 1.29 is 9.13 Å². The molecule has 0 amide bonds. The van der Waals surface area contributed by atoms with Crippen LogP contribution in [0.25, 0.3) is 10.9 Å². The molecular weight excluding hydrogens is 381 g/mol. The fourth-order valence-corrected chi connectivity index (χ4v) is 4.12. The van der Waals surface area contributed by atoms with Crippen molar-refractivity contribution in [3.63, 3.8) is 0 Å². The maximum atomic E-state index is 13.6. The number of nitrogens with one attached hydrogen (secondary N) is 2. The summed E-state index contributed by atoms with van der Waals surface area (Å²) in [5.41, 5.74) is 2.38. The van der Waals surface area contributed by atoms with Gasteiger partial charge in [-0.25, -0.2) is 14.4 Å². The third-order valence-corrected chi connectivity index (χ3v) is 5.73. The van der Waals surface area contributed by atoms with Gasteiger partial charge in [0.2, 0.25) is 0 Å². The lowest BCUT2D eigenvalue weighted by Gasteiger charge is -2.36. The van der Waals surface area contributed by atoms with E-state index in [2.05, 4.69) is 15.5 Å². The monoisotopic (exact) mass is 403 g/mol. The second-order valence-corrected chi connectivity index (χ2v) is 7.68. The fourth-order valence-electron chi connectivity index (χ4n) is 4.12. The van der Waals surface area contributed by atoms with Crippen LogP contribution in [-0.2, 0) is 10.2 Å². The lowest BCUT2D eigenvalue weighted by atomic mass is 9.73. The number of nitrogens with zero attached hydrogens (tertiary/aromatic N) is 3. The normalized spacial score (nSPS) is 15.9. The van der Waals surface area contributed by atoms with Gasteiger partial charge in [0.1, 0.15) is 17.5 Å². The standard InChI is InChI=1S/C23H22FN5O/c1-15-14-20(29-28-15)26-21-18-4-2-3-5-19(18)25-22(27-21)23(10-12-30-13-11-23)16-6-8-17(24)9-7-16/h2-9,14H,10-13H2,1H3,(H2,25,26,27,28,29). The first-order valence-electron chi connectivity index (χ1n) is 10.0. The van der Waals surface area contributed by atoms with E-state index in [1.54, 1.807) is 0 Å². The molecule has 0 unspecified atom stereocenters. The summed E-state index contributed by atoms with van der Waals surface area (Å²) in [5.74, 6) is 1.86. The predicted octanol–water partition coefficient (Wildman–Crippen LogP) is 4.64. The molecule has 7 heteroatoms. The molecule has 0 radical (unpaired) electrons. The van der Waals surface area contributed by atoms with Gasteiger partial charge in [-0.3, -0.25) is 5.10 Å². The molecule has 30 heavy (non-hydrogen) atoms. The summed E-state index contributed by atoms with van der Waals surface area (Å²) in [6.07, 6.45) is 1.47. The Labute approximate surface area is 173 Å². The van der Waals surface area contributed by atoms with Gasteiger partial charge in [0.15, 0.2) is 5.82 Å². The molecule has 1 aliphatic rings. The summed E-state index contributed by atoms with van der Waals surface area (Å²) in [4.78, 5) is 9.92. The van der Waals surface area contributed by atoms with Crippen LogP contribution in [0.1, 0.15) is 29.9 Å². The maximum absolute atomic E-state index is 13.6. The summed E-state index contributed by atoms with van der Waals surface area (Å²) >= 11 is 0. The lowest BCUT2D eigenvalue weighted by Crippen LogP contribution is -2.37. The summed E-state index contributed by atoms with van der Waals surface area (Å²) in [6.45, 7) is 3.16. The first kappa shape index (κ1) is 18.7. The average molecular weight is 403 g/mol. The van der Waals surface area contributed by atoms with E-state index >= 15 is 0 Å². The van der Waals surface area contributed by atoms with Crippen molar-refractivity contribution >= 4 is 22.5 Å². The summed E-state index contributed by atoms with van der Waals surface area (Å²) in [6, 6.07) is 16.5. The van der Waals surface area contributed by atoms with Crippen LogP contribution in [0.15, 0.2) is 54.6 Å². The van der Waals surface area contributed by atoms with Crippen molar-refractivity contribution in [1.82, 2.24) is 20.2 Å². The molecule has 1 aliphatic heterocycles. The highest BCUT2D eigenvalue weighted by Crippen LogP contribution is 2.41. The van der Waals surface area contributed by atoms with Crippen molar-refractivity contribution in [3.8, 4) is 0 Å². The quantitative estimate of drug-likeness (QED) is 0.519. The molecule has 0 saturated carbocycles. The largest absolute Gasteiger partial charge is 0.381 e. The van der Waals surface area contributed by atoms with Crippen molar-refractivity contribution in [2.24, 2.45) is 0 Å². The Kier molecular flexibility index (Phi) is 4.67. The Morgan fingerprint density at radius 1 is 1.03 bits per heavy atom. The van der Waals surface area contributed by atoms with Crippen LogP contribution >= 0.6 is 0 Å². The molecule has 1 saturated heterocycles. The number of para-hydroxylation sites is 1. The lowest BCUT2D eigenvalue weighted by molar-refractivity contribution is 0.0606. The smallest absolute Gasteiger partial charge is 0.153 e. The van der Waals surface area contributed by atoms with Crippen molar-refractivity contribution in [1.29, 1.82) is 0 Å². The number of halogens is 1. The number of anilines is 2. The second-order valence-electron chi connectivity index (χ2n) is 7.68. The third-order valence-electron chi connectivity index (χ3n) is 5.73. The maximum Gasteiger partial charge on any atom is 0.153 e. The first-order chi connectivity index (χ1) is 14.6. The van der Waals surface area contributed by atoms with E-state index in [1.807, 2.05) is 49.4 Å². The number of rotatable bonds is 4. The average Bonchev–Trinajstić information content (AvgIpc) is 3.19. The number of H-pyrrole nitrogens is 1. The minimum atomic E-state index is -0.437. The Morgan fingerprint density at radius 2 is 1.80 bits per heavy atom. The Balaban J connectivity index is 1.68. The van der Waals surface area contributed by atoms with Crippen LogP contribution < -0.4 is 5.32 Å². The van der Waals surface area contributed by atoms with Gasteiger partial charge in [0.25, 0.3) is 0 Å². The first-order valence-corrected chi connectivity index (χ1v) is 10.0. The molecule has 5 rings (SSSR count). The van der Waals surface area contributed by atoms with Crippen LogP contribution in [0.2, 0.25) is 0 Å². The van der Waals surface area contributed by atoms with E-state index in [0.29, 0.717) is 30.7 Å². The number of aromatic nitrogens is 4. The van der Waals surface area contributed by atoms with E-state index in [-0.39, 0.29) is 5.82 Å². The molecule has 3 heterocycles. The Morgan fingerprint density at radius 3 is 2.53 bits per heavy atom. The Bertz CT molecular complexity index is 1180. The highest BCUT2D eigenvalue weighted by atomic mass is 19.1. The van der Waals surface area contributed by atoms with Crippen molar-refractivity contribution in [3.05, 3.63) is 77.5 Å². The van der Waals surface area contributed by atoms with E-state index < -0.39 is 5.41 Å².